The van der Waals surface area contributed by atoms with E-state index in [2.05, 4.69) is 6.92 Å². The maximum atomic E-state index is 10.1. The topological polar surface area (TPSA) is 40.5 Å². The van der Waals surface area contributed by atoms with Crippen molar-refractivity contribution in [3.05, 3.63) is 35.9 Å². The summed E-state index contributed by atoms with van der Waals surface area (Å²) >= 11 is 0. The van der Waals surface area contributed by atoms with Gasteiger partial charge in [0.25, 0.3) is 0 Å². The van der Waals surface area contributed by atoms with Crippen LogP contribution in [-0.4, -0.2) is 16.3 Å². The van der Waals surface area contributed by atoms with E-state index >= 15 is 0 Å². The summed E-state index contributed by atoms with van der Waals surface area (Å²) in [4.78, 5) is 0. The third kappa shape index (κ3) is 11.7. The molecule has 0 radical (unpaired) electrons. The molecule has 1 rings (SSSR count). The zero-order chi connectivity index (χ0) is 18.9. The van der Waals surface area contributed by atoms with Crippen LogP contribution in [0.1, 0.15) is 115 Å². The molecule has 0 bridgehead atoms. The van der Waals surface area contributed by atoms with Crippen molar-refractivity contribution < 1.29 is 10.2 Å². The molecule has 2 N–H and O–H groups in total. The van der Waals surface area contributed by atoms with Crippen molar-refractivity contribution >= 4 is 0 Å². The average Bonchev–Trinajstić information content (AvgIpc) is 2.68. The monoisotopic (exact) mass is 362 g/mol. The number of aliphatic hydroxyl groups excluding tert-OH is 2. The van der Waals surface area contributed by atoms with Crippen molar-refractivity contribution in [3.63, 3.8) is 0 Å². The number of hydrogen-bond acceptors (Lipinski definition) is 2. The Balaban J connectivity index is 1.86. The molecule has 0 aliphatic carbocycles. The van der Waals surface area contributed by atoms with E-state index in [-0.39, 0.29) is 0 Å². The summed E-state index contributed by atoms with van der Waals surface area (Å²) in [5.41, 5.74) is 0.811. The Labute approximate surface area is 162 Å². The molecule has 0 aromatic heterocycles. The molecule has 0 saturated carbocycles. The number of benzene rings is 1. The number of aliphatic hydroxyl groups is 2. The van der Waals surface area contributed by atoms with Gasteiger partial charge in [0.1, 0.15) is 6.10 Å². The first-order chi connectivity index (χ1) is 12.8. The minimum atomic E-state index is -0.752. The molecule has 2 heteroatoms. The Hall–Kier alpha value is -0.860. The molecule has 0 aliphatic rings. The third-order valence-corrected chi connectivity index (χ3v) is 5.36. The second-order valence-corrected chi connectivity index (χ2v) is 7.81. The largest absolute Gasteiger partial charge is 0.390 e. The first kappa shape index (κ1) is 23.2. The van der Waals surface area contributed by atoms with E-state index < -0.39 is 12.2 Å². The second-order valence-electron chi connectivity index (χ2n) is 7.81. The predicted molar refractivity (Wildman–Crippen MR) is 112 cm³/mol. The zero-order valence-corrected chi connectivity index (χ0v) is 17.0. The number of rotatable bonds is 17. The van der Waals surface area contributed by atoms with Gasteiger partial charge in [-0.15, -0.1) is 0 Å². The molecule has 2 atom stereocenters. The van der Waals surface area contributed by atoms with E-state index in [0.717, 1.165) is 18.4 Å². The highest BCUT2D eigenvalue weighted by Crippen LogP contribution is 2.21. The molecule has 26 heavy (non-hydrogen) atoms. The lowest BCUT2D eigenvalue weighted by Gasteiger charge is -2.18. The predicted octanol–water partition coefficient (Wildman–Crippen LogP) is 6.95. The second kappa shape index (κ2) is 16.3. The summed E-state index contributed by atoms with van der Waals surface area (Å²) in [5, 5.41) is 20.3. The van der Waals surface area contributed by atoms with Gasteiger partial charge >= 0.3 is 0 Å². The van der Waals surface area contributed by atoms with Gasteiger partial charge in [-0.3, -0.25) is 0 Å². The molecule has 0 aliphatic heterocycles. The van der Waals surface area contributed by atoms with E-state index in [4.69, 9.17) is 0 Å². The van der Waals surface area contributed by atoms with Crippen LogP contribution < -0.4 is 0 Å². The zero-order valence-electron chi connectivity index (χ0n) is 17.0. The molecule has 0 amide bonds. The molecule has 150 valence electrons. The number of hydrogen-bond donors (Lipinski definition) is 2. The molecule has 0 saturated heterocycles. The van der Waals surface area contributed by atoms with Gasteiger partial charge in [0.05, 0.1) is 6.10 Å². The highest BCUT2D eigenvalue weighted by atomic mass is 16.3. The Morgan fingerprint density at radius 2 is 1.04 bits per heavy atom. The lowest BCUT2D eigenvalue weighted by molar-refractivity contribution is 0.0120. The van der Waals surface area contributed by atoms with Gasteiger partial charge in [0.2, 0.25) is 0 Å². The molecule has 1 aromatic rings. The Kier molecular flexibility index (Phi) is 14.6. The van der Waals surface area contributed by atoms with Gasteiger partial charge in [-0.1, -0.05) is 127 Å². The van der Waals surface area contributed by atoms with E-state index in [1.165, 1.54) is 77.0 Å². The van der Waals surface area contributed by atoms with Gasteiger partial charge in [-0.25, -0.2) is 0 Å². The SMILES string of the molecule is CCCCCCCCCCCCCCCCC(O)C(O)c1ccccc1. The van der Waals surface area contributed by atoms with Crippen LogP contribution in [0, 0.1) is 0 Å². The van der Waals surface area contributed by atoms with E-state index in [1.54, 1.807) is 0 Å². The van der Waals surface area contributed by atoms with Gasteiger partial charge in [-0.2, -0.15) is 0 Å². The lowest BCUT2D eigenvalue weighted by atomic mass is 9.99. The van der Waals surface area contributed by atoms with Crippen LogP contribution in [0.15, 0.2) is 30.3 Å². The summed E-state index contributed by atoms with van der Waals surface area (Å²) < 4.78 is 0. The quantitative estimate of drug-likeness (QED) is 0.294. The first-order valence-electron chi connectivity index (χ1n) is 11.2. The van der Waals surface area contributed by atoms with Crippen molar-refractivity contribution in [2.75, 3.05) is 0 Å². The number of unbranched alkanes of at least 4 members (excludes halogenated alkanes) is 13. The van der Waals surface area contributed by atoms with Crippen molar-refractivity contribution in [2.24, 2.45) is 0 Å². The Morgan fingerprint density at radius 3 is 1.50 bits per heavy atom. The highest BCUT2D eigenvalue weighted by molar-refractivity contribution is 5.18. The minimum Gasteiger partial charge on any atom is -0.390 e. The lowest BCUT2D eigenvalue weighted by Crippen LogP contribution is -2.17. The fourth-order valence-electron chi connectivity index (χ4n) is 3.58. The maximum Gasteiger partial charge on any atom is 0.105 e. The fraction of sp³-hybridized carbons (Fsp3) is 0.750. The first-order valence-corrected chi connectivity index (χ1v) is 11.2. The Morgan fingerprint density at radius 1 is 0.615 bits per heavy atom. The van der Waals surface area contributed by atoms with Crippen LogP contribution in [0.3, 0.4) is 0 Å². The summed E-state index contributed by atoms with van der Waals surface area (Å²) in [6, 6.07) is 9.48. The van der Waals surface area contributed by atoms with Crippen molar-refractivity contribution in [2.45, 2.75) is 115 Å². The van der Waals surface area contributed by atoms with E-state index in [1.807, 2.05) is 30.3 Å². The van der Waals surface area contributed by atoms with Crippen LogP contribution in [-0.2, 0) is 0 Å². The third-order valence-electron chi connectivity index (χ3n) is 5.36. The van der Waals surface area contributed by atoms with Gasteiger partial charge in [0, 0.05) is 0 Å². The van der Waals surface area contributed by atoms with Crippen molar-refractivity contribution in [1.82, 2.24) is 0 Å². The Bertz CT molecular complexity index is 404. The summed E-state index contributed by atoms with van der Waals surface area (Å²) in [6.07, 6.45) is 18.0. The summed E-state index contributed by atoms with van der Waals surface area (Å²) in [6.45, 7) is 2.27. The molecular formula is C24H42O2. The summed E-state index contributed by atoms with van der Waals surface area (Å²) in [7, 11) is 0. The van der Waals surface area contributed by atoms with Gasteiger partial charge in [0.15, 0.2) is 0 Å². The van der Waals surface area contributed by atoms with E-state index in [9.17, 15) is 10.2 Å². The molecule has 2 nitrogen and oxygen atoms in total. The van der Waals surface area contributed by atoms with Gasteiger partial charge in [-0.05, 0) is 12.0 Å². The molecule has 1 aromatic carbocycles. The van der Waals surface area contributed by atoms with Crippen LogP contribution in [0.25, 0.3) is 0 Å². The van der Waals surface area contributed by atoms with Crippen LogP contribution in [0.5, 0.6) is 0 Å². The standard InChI is InChI=1S/C24H42O2/c1-2-3-4-5-6-7-8-9-10-11-12-13-14-18-21-23(25)24(26)22-19-16-15-17-20-22/h15-17,19-20,23-26H,2-14,18,21H2,1H3. The maximum absolute atomic E-state index is 10.1. The van der Waals surface area contributed by atoms with E-state index in [0.29, 0.717) is 6.42 Å². The van der Waals surface area contributed by atoms with Crippen LogP contribution in [0.2, 0.25) is 0 Å². The normalized spacial score (nSPS) is 13.7. The highest BCUT2D eigenvalue weighted by Gasteiger charge is 2.17. The fourth-order valence-corrected chi connectivity index (χ4v) is 3.58. The molecule has 2 unspecified atom stereocenters. The molecule has 0 fully saturated rings. The average molecular weight is 363 g/mol. The summed E-state index contributed by atoms with van der Waals surface area (Å²) in [5.74, 6) is 0. The van der Waals surface area contributed by atoms with Crippen molar-refractivity contribution in [1.29, 1.82) is 0 Å². The van der Waals surface area contributed by atoms with Crippen LogP contribution >= 0.6 is 0 Å². The molecular weight excluding hydrogens is 320 g/mol. The molecule has 0 heterocycles. The smallest absolute Gasteiger partial charge is 0.105 e. The van der Waals surface area contributed by atoms with Crippen LogP contribution in [0.4, 0.5) is 0 Å². The van der Waals surface area contributed by atoms with Gasteiger partial charge < -0.3 is 10.2 Å². The minimum absolute atomic E-state index is 0.644. The van der Waals surface area contributed by atoms with Crippen molar-refractivity contribution in [3.8, 4) is 0 Å². The molecule has 0 spiro atoms.